The lowest BCUT2D eigenvalue weighted by Gasteiger charge is -2.36. The maximum absolute atomic E-state index is 12.7. The Morgan fingerprint density at radius 1 is 1.08 bits per heavy atom. The molecule has 134 valence electrons. The van der Waals surface area contributed by atoms with Gasteiger partial charge in [0.25, 0.3) is 0 Å². The summed E-state index contributed by atoms with van der Waals surface area (Å²) in [5.41, 5.74) is 1.13. The summed E-state index contributed by atoms with van der Waals surface area (Å²) in [6.07, 6.45) is -0.180. The molecule has 1 unspecified atom stereocenters. The predicted molar refractivity (Wildman–Crippen MR) is 97.9 cm³/mol. The molecule has 0 bridgehead atoms. The van der Waals surface area contributed by atoms with Crippen molar-refractivity contribution in [1.82, 2.24) is 0 Å². The predicted octanol–water partition coefficient (Wildman–Crippen LogP) is 2.99. The van der Waals surface area contributed by atoms with E-state index in [4.69, 9.17) is 4.74 Å². The second-order valence-corrected chi connectivity index (χ2v) is 6.39. The monoisotopic (exact) mass is 352 g/mol. The Labute approximate surface area is 151 Å². The SMILES string of the molecule is CC(C)C(=O)N1c2ccccc2OC(=O)C1CC(=O)Nc1ccccc1. The average Bonchev–Trinajstić information content (AvgIpc) is 2.62. The number of hydrogen-bond donors (Lipinski definition) is 1. The molecule has 1 heterocycles. The highest BCUT2D eigenvalue weighted by Crippen LogP contribution is 2.36. The lowest BCUT2D eigenvalue weighted by Crippen LogP contribution is -2.52. The fourth-order valence-electron chi connectivity index (χ4n) is 2.83. The molecular formula is C20H20N2O4. The van der Waals surface area contributed by atoms with E-state index < -0.39 is 12.0 Å². The summed E-state index contributed by atoms with van der Waals surface area (Å²) in [6, 6.07) is 14.8. The Morgan fingerprint density at radius 3 is 2.42 bits per heavy atom. The zero-order chi connectivity index (χ0) is 18.7. The quantitative estimate of drug-likeness (QED) is 0.678. The number of ether oxygens (including phenoxy) is 1. The molecule has 1 atom stereocenters. The number of rotatable bonds is 4. The molecule has 1 aliphatic heterocycles. The number of esters is 1. The van der Waals surface area contributed by atoms with Crippen molar-refractivity contribution in [1.29, 1.82) is 0 Å². The van der Waals surface area contributed by atoms with Gasteiger partial charge in [0.1, 0.15) is 6.04 Å². The number of fused-ring (bicyclic) bond motifs is 1. The molecule has 0 saturated carbocycles. The van der Waals surface area contributed by atoms with Gasteiger partial charge in [-0.3, -0.25) is 14.5 Å². The van der Waals surface area contributed by atoms with Crippen molar-refractivity contribution < 1.29 is 19.1 Å². The lowest BCUT2D eigenvalue weighted by molar-refractivity contribution is -0.140. The third kappa shape index (κ3) is 3.59. The van der Waals surface area contributed by atoms with E-state index in [-0.39, 0.29) is 24.2 Å². The lowest BCUT2D eigenvalue weighted by atomic mass is 10.0. The minimum absolute atomic E-state index is 0.180. The highest BCUT2D eigenvalue weighted by atomic mass is 16.5. The number of amides is 2. The zero-order valence-corrected chi connectivity index (χ0v) is 14.6. The van der Waals surface area contributed by atoms with Crippen LogP contribution in [0.2, 0.25) is 0 Å². The molecule has 0 fully saturated rings. The van der Waals surface area contributed by atoms with Gasteiger partial charge in [0.2, 0.25) is 11.8 Å². The number of anilines is 2. The smallest absolute Gasteiger partial charge is 0.335 e. The van der Waals surface area contributed by atoms with E-state index in [9.17, 15) is 14.4 Å². The summed E-state index contributed by atoms with van der Waals surface area (Å²) in [4.78, 5) is 39.0. The zero-order valence-electron chi connectivity index (χ0n) is 14.6. The normalized spacial score (nSPS) is 16.0. The van der Waals surface area contributed by atoms with E-state index in [1.54, 1.807) is 62.4 Å². The molecule has 0 aliphatic carbocycles. The van der Waals surface area contributed by atoms with Crippen LogP contribution in [0.15, 0.2) is 54.6 Å². The molecule has 6 nitrogen and oxygen atoms in total. The van der Waals surface area contributed by atoms with Gasteiger partial charge in [0, 0.05) is 11.6 Å². The molecule has 2 aromatic carbocycles. The highest BCUT2D eigenvalue weighted by Gasteiger charge is 2.40. The van der Waals surface area contributed by atoms with Gasteiger partial charge >= 0.3 is 5.97 Å². The maximum Gasteiger partial charge on any atom is 0.335 e. The van der Waals surface area contributed by atoms with Crippen LogP contribution in [0.4, 0.5) is 11.4 Å². The first kappa shape index (κ1) is 17.7. The van der Waals surface area contributed by atoms with Crippen molar-refractivity contribution in [3.63, 3.8) is 0 Å². The molecule has 0 saturated heterocycles. The van der Waals surface area contributed by atoms with Crippen molar-refractivity contribution in [3.8, 4) is 5.75 Å². The van der Waals surface area contributed by atoms with Gasteiger partial charge in [0.05, 0.1) is 12.1 Å². The Morgan fingerprint density at radius 2 is 1.73 bits per heavy atom. The van der Waals surface area contributed by atoms with E-state index in [1.165, 1.54) is 4.90 Å². The van der Waals surface area contributed by atoms with Gasteiger partial charge < -0.3 is 10.1 Å². The minimum Gasteiger partial charge on any atom is -0.423 e. The number of para-hydroxylation sites is 3. The maximum atomic E-state index is 12.7. The van der Waals surface area contributed by atoms with Gasteiger partial charge in [-0.05, 0) is 24.3 Å². The number of carbonyl (C=O) groups excluding carboxylic acids is 3. The largest absolute Gasteiger partial charge is 0.423 e. The van der Waals surface area contributed by atoms with Crippen LogP contribution < -0.4 is 15.0 Å². The van der Waals surface area contributed by atoms with Crippen molar-refractivity contribution >= 4 is 29.2 Å². The Kier molecular flexibility index (Phi) is 5.02. The summed E-state index contributed by atoms with van der Waals surface area (Å²) >= 11 is 0. The summed E-state index contributed by atoms with van der Waals surface area (Å²) in [7, 11) is 0. The molecule has 0 aromatic heterocycles. The van der Waals surface area contributed by atoms with Gasteiger partial charge in [-0.25, -0.2) is 4.79 Å². The molecule has 2 amide bonds. The van der Waals surface area contributed by atoms with Gasteiger partial charge in [-0.15, -0.1) is 0 Å². The first-order chi connectivity index (χ1) is 12.5. The van der Waals surface area contributed by atoms with Gasteiger partial charge in [-0.1, -0.05) is 44.2 Å². The van der Waals surface area contributed by atoms with Gasteiger partial charge in [-0.2, -0.15) is 0 Å². The first-order valence-electron chi connectivity index (χ1n) is 8.46. The molecule has 1 N–H and O–H groups in total. The molecule has 2 aromatic rings. The molecular weight excluding hydrogens is 332 g/mol. The van der Waals surface area contributed by atoms with Crippen molar-refractivity contribution in [2.75, 3.05) is 10.2 Å². The van der Waals surface area contributed by atoms with Crippen molar-refractivity contribution in [2.24, 2.45) is 5.92 Å². The van der Waals surface area contributed by atoms with Crippen LogP contribution in [-0.2, 0) is 14.4 Å². The fraction of sp³-hybridized carbons (Fsp3) is 0.250. The summed E-state index contributed by atoms with van der Waals surface area (Å²) in [5, 5.41) is 2.74. The third-order valence-electron chi connectivity index (χ3n) is 4.09. The van der Waals surface area contributed by atoms with E-state index in [0.29, 0.717) is 17.1 Å². The second kappa shape index (κ2) is 7.39. The molecule has 0 spiro atoms. The van der Waals surface area contributed by atoms with E-state index in [2.05, 4.69) is 5.32 Å². The Bertz CT molecular complexity index is 833. The number of carbonyl (C=O) groups is 3. The van der Waals surface area contributed by atoms with E-state index in [1.807, 2.05) is 6.07 Å². The summed E-state index contributed by atoms with van der Waals surface area (Å²) < 4.78 is 5.34. The fourth-order valence-corrected chi connectivity index (χ4v) is 2.83. The topological polar surface area (TPSA) is 75.7 Å². The Balaban J connectivity index is 1.87. The van der Waals surface area contributed by atoms with Crippen molar-refractivity contribution in [3.05, 3.63) is 54.6 Å². The summed E-state index contributed by atoms with van der Waals surface area (Å²) in [5.74, 6) is -1.20. The Hall–Kier alpha value is -3.15. The third-order valence-corrected chi connectivity index (χ3v) is 4.09. The van der Waals surface area contributed by atoms with Gasteiger partial charge in [0.15, 0.2) is 5.75 Å². The van der Waals surface area contributed by atoms with Crippen LogP contribution in [-0.4, -0.2) is 23.8 Å². The van der Waals surface area contributed by atoms with Crippen LogP contribution in [0.25, 0.3) is 0 Å². The molecule has 3 rings (SSSR count). The second-order valence-electron chi connectivity index (χ2n) is 6.39. The number of hydrogen-bond acceptors (Lipinski definition) is 4. The number of benzene rings is 2. The van der Waals surface area contributed by atoms with Crippen LogP contribution in [0.1, 0.15) is 20.3 Å². The highest BCUT2D eigenvalue weighted by molar-refractivity contribution is 6.06. The molecule has 6 heteroatoms. The molecule has 26 heavy (non-hydrogen) atoms. The van der Waals surface area contributed by atoms with E-state index >= 15 is 0 Å². The molecule has 1 aliphatic rings. The van der Waals surface area contributed by atoms with Crippen molar-refractivity contribution in [2.45, 2.75) is 26.3 Å². The number of nitrogens with one attached hydrogen (secondary N) is 1. The van der Waals surface area contributed by atoms with Crippen LogP contribution in [0, 0.1) is 5.92 Å². The van der Waals surface area contributed by atoms with Crippen LogP contribution in [0.5, 0.6) is 5.75 Å². The van der Waals surface area contributed by atoms with Crippen LogP contribution >= 0.6 is 0 Å². The van der Waals surface area contributed by atoms with Crippen LogP contribution in [0.3, 0.4) is 0 Å². The van der Waals surface area contributed by atoms with E-state index in [0.717, 1.165) is 0 Å². The minimum atomic E-state index is -0.997. The number of nitrogens with zero attached hydrogens (tertiary/aromatic N) is 1. The first-order valence-corrected chi connectivity index (χ1v) is 8.46. The average molecular weight is 352 g/mol. The summed E-state index contributed by atoms with van der Waals surface area (Å²) in [6.45, 7) is 3.51. The standard InChI is InChI=1S/C20H20N2O4/c1-13(2)19(24)22-15-10-6-7-11-17(15)26-20(25)16(22)12-18(23)21-14-8-4-3-5-9-14/h3-11,13,16H,12H2,1-2H3,(H,21,23). The molecule has 0 radical (unpaired) electrons.